The summed E-state index contributed by atoms with van der Waals surface area (Å²) in [6.07, 6.45) is 1.53. The number of nitrogens with one attached hydrogen (secondary N) is 1. The summed E-state index contributed by atoms with van der Waals surface area (Å²) < 4.78 is 1.49. The fourth-order valence-corrected chi connectivity index (χ4v) is 5.07. The predicted molar refractivity (Wildman–Crippen MR) is 141 cm³/mol. The number of carbonyl (C=O) groups is 2. The number of thioether (sulfide) groups is 1. The number of rotatable bonds is 7. The van der Waals surface area contributed by atoms with E-state index in [-0.39, 0.29) is 11.3 Å². The molecule has 0 bridgehead atoms. The highest BCUT2D eigenvalue weighted by molar-refractivity contribution is 8.18. The second-order valence-electron chi connectivity index (χ2n) is 7.63. The van der Waals surface area contributed by atoms with Crippen LogP contribution in [0, 0.1) is 10.1 Å². The van der Waals surface area contributed by atoms with Crippen LogP contribution in [0.15, 0.2) is 92.7 Å². The zero-order valence-corrected chi connectivity index (χ0v) is 20.7. The third kappa shape index (κ3) is 5.45. The van der Waals surface area contributed by atoms with Crippen LogP contribution in [0.25, 0.3) is 11.8 Å². The molecule has 5 rings (SSSR count). The molecule has 1 fully saturated rings. The molecule has 0 atom stereocenters. The van der Waals surface area contributed by atoms with Crippen molar-refractivity contribution in [2.75, 3.05) is 0 Å². The van der Waals surface area contributed by atoms with E-state index in [0.717, 1.165) is 23.5 Å². The number of nitrogens with zero attached hydrogens (tertiary/aromatic N) is 6. The lowest BCUT2D eigenvalue weighted by molar-refractivity contribution is -0.387. The molecule has 0 spiro atoms. The molecule has 2 heterocycles. The predicted octanol–water partition coefficient (Wildman–Crippen LogP) is 4.31. The van der Waals surface area contributed by atoms with E-state index in [9.17, 15) is 19.7 Å². The topological polar surface area (TPSA) is 166 Å². The molecule has 1 aliphatic rings. The first-order valence-electron chi connectivity index (χ1n) is 10.8. The van der Waals surface area contributed by atoms with Crippen LogP contribution >= 0.6 is 23.5 Å². The van der Waals surface area contributed by atoms with Gasteiger partial charge in [-0.2, -0.15) is 4.68 Å². The molecule has 2 N–H and O–H groups in total. The quantitative estimate of drug-likeness (QED) is 0.194. The lowest BCUT2D eigenvalue weighted by atomic mass is 10.2. The van der Waals surface area contributed by atoms with Gasteiger partial charge in [-0.15, -0.1) is 5.10 Å². The van der Waals surface area contributed by atoms with Crippen molar-refractivity contribution >= 4 is 58.0 Å². The number of benzene rings is 3. The second kappa shape index (κ2) is 10.7. The molecule has 0 aliphatic carbocycles. The maximum absolute atomic E-state index is 12.5. The van der Waals surface area contributed by atoms with Crippen molar-refractivity contribution in [3.63, 3.8) is 0 Å². The molecule has 0 saturated carbocycles. The number of carboxylic acid groups (broad SMARTS) is 1. The lowest BCUT2D eigenvalue weighted by Crippen LogP contribution is -2.19. The van der Waals surface area contributed by atoms with Gasteiger partial charge in [0.25, 0.3) is 11.6 Å². The van der Waals surface area contributed by atoms with Crippen molar-refractivity contribution in [3.05, 3.63) is 98.9 Å². The summed E-state index contributed by atoms with van der Waals surface area (Å²) in [7, 11) is 0. The van der Waals surface area contributed by atoms with Crippen LogP contribution in [-0.4, -0.2) is 47.3 Å². The van der Waals surface area contributed by atoms with Gasteiger partial charge in [0.05, 0.1) is 31.7 Å². The maximum Gasteiger partial charge on any atom is 0.335 e. The normalized spacial score (nSPS) is 15.1. The second-order valence-corrected chi connectivity index (χ2v) is 9.67. The van der Waals surface area contributed by atoms with Crippen LogP contribution in [0.2, 0.25) is 0 Å². The van der Waals surface area contributed by atoms with Crippen molar-refractivity contribution in [3.8, 4) is 5.69 Å². The Bertz CT molecular complexity index is 1620. The number of tetrazole rings is 1. The number of carbonyl (C=O) groups excluding carboxylic acids is 1. The third-order valence-corrected chi connectivity index (χ3v) is 7.03. The first kappa shape index (κ1) is 24.9. The largest absolute Gasteiger partial charge is 0.478 e. The number of nitro benzene ring substituents is 1. The Morgan fingerprint density at radius 1 is 1.13 bits per heavy atom. The number of amidine groups is 1. The van der Waals surface area contributed by atoms with Gasteiger partial charge >= 0.3 is 5.97 Å². The molecule has 38 heavy (non-hydrogen) atoms. The molecule has 4 aromatic rings. The van der Waals surface area contributed by atoms with Gasteiger partial charge in [-0.3, -0.25) is 14.9 Å². The summed E-state index contributed by atoms with van der Waals surface area (Å²) in [6, 6.07) is 19.6. The Kier molecular flexibility index (Phi) is 6.97. The third-order valence-electron chi connectivity index (χ3n) is 5.12. The molecule has 1 amide bonds. The van der Waals surface area contributed by atoms with E-state index in [1.54, 1.807) is 12.1 Å². The number of para-hydroxylation sites is 1. The molecule has 1 aromatic heterocycles. The maximum atomic E-state index is 12.5. The van der Waals surface area contributed by atoms with Gasteiger partial charge in [0.15, 0.2) is 5.17 Å². The molecule has 1 saturated heterocycles. The van der Waals surface area contributed by atoms with Crippen LogP contribution in [0.4, 0.5) is 11.4 Å². The van der Waals surface area contributed by atoms with Crippen molar-refractivity contribution < 1.29 is 19.6 Å². The van der Waals surface area contributed by atoms with E-state index in [2.05, 4.69) is 25.8 Å². The Labute approximate surface area is 222 Å². The number of amides is 1. The van der Waals surface area contributed by atoms with Crippen LogP contribution in [0.3, 0.4) is 0 Å². The van der Waals surface area contributed by atoms with Crippen LogP contribution in [-0.2, 0) is 4.79 Å². The number of nitro groups is 1. The fraction of sp³-hybridized carbons (Fsp3) is 0. The average molecular weight is 546 g/mol. The van der Waals surface area contributed by atoms with Crippen molar-refractivity contribution in [1.29, 1.82) is 0 Å². The van der Waals surface area contributed by atoms with Gasteiger partial charge in [-0.25, -0.2) is 9.79 Å². The number of aromatic nitrogens is 4. The van der Waals surface area contributed by atoms with E-state index < -0.39 is 16.8 Å². The number of aromatic carboxylic acids is 1. The van der Waals surface area contributed by atoms with E-state index in [1.165, 1.54) is 41.1 Å². The summed E-state index contributed by atoms with van der Waals surface area (Å²) >= 11 is 2.12. The molecule has 0 radical (unpaired) electrons. The molecular weight excluding hydrogens is 530 g/mol. The van der Waals surface area contributed by atoms with Crippen LogP contribution in [0.5, 0.6) is 0 Å². The van der Waals surface area contributed by atoms with Gasteiger partial charge in [0, 0.05) is 6.07 Å². The van der Waals surface area contributed by atoms with Gasteiger partial charge in [0.2, 0.25) is 5.16 Å². The summed E-state index contributed by atoms with van der Waals surface area (Å²) in [5.41, 5.74) is 1.59. The smallest absolute Gasteiger partial charge is 0.335 e. The van der Waals surface area contributed by atoms with E-state index in [1.807, 2.05) is 30.3 Å². The number of carboxylic acids is 1. The van der Waals surface area contributed by atoms with Gasteiger partial charge < -0.3 is 10.4 Å². The Hall–Kier alpha value is -4.82. The van der Waals surface area contributed by atoms with Gasteiger partial charge in [-0.1, -0.05) is 24.3 Å². The number of hydrogen-bond acceptors (Lipinski definition) is 10. The molecule has 14 heteroatoms. The minimum Gasteiger partial charge on any atom is -0.478 e. The highest BCUT2D eigenvalue weighted by Gasteiger charge is 2.25. The first-order chi connectivity index (χ1) is 18.4. The van der Waals surface area contributed by atoms with E-state index in [0.29, 0.717) is 37.1 Å². The number of hydrogen-bond donors (Lipinski definition) is 2. The van der Waals surface area contributed by atoms with Crippen molar-refractivity contribution in [2.24, 2.45) is 4.99 Å². The van der Waals surface area contributed by atoms with Crippen LogP contribution in [0.1, 0.15) is 15.9 Å². The minimum absolute atomic E-state index is 0.123. The van der Waals surface area contributed by atoms with Crippen LogP contribution < -0.4 is 5.32 Å². The summed E-state index contributed by atoms with van der Waals surface area (Å²) in [5.74, 6) is -1.45. The zero-order chi connectivity index (χ0) is 26.6. The summed E-state index contributed by atoms with van der Waals surface area (Å²) in [5, 5.41) is 35.8. The zero-order valence-electron chi connectivity index (χ0n) is 19.1. The first-order valence-corrected chi connectivity index (χ1v) is 12.4. The SMILES string of the molecule is O=C1NC(=Nc2ccc(C(=O)O)cc2)S/C1=C\c1ccc(Sc2nnnn2-c2ccccc2)c([N+](=O)[O-])c1. The highest BCUT2D eigenvalue weighted by atomic mass is 32.2. The van der Waals surface area contributed by atoms with E-state index >= 15 is 0 Å². The Morgan fingerprint density at radius 3 is 2.61 bits per heavy atom. The highest BCUT2D eigenvalue weighted by Crippen LogP contribution is 2.36. The standard InChI is InChI=1S/C24H15N7O5S2/c32-21-20(37-23(26-21)25-16-9-7-15(8-10-16)22(33)34)13-14-6-11-19(18(12-14)31(35)36)38-24-27-28-29-30(24)17-4-2-1-3-5-17/h1-13H,(H,33,34)(H,25,26,32)/b20-13-. The fourth-order valence-electron chi connectivity index (χ4n) is 3.35. The van der Waals surface area contributed by atoms with Crippen molar-refractivity contribution in [1.82, 2.24) is 25.5 Å². The monoisotopic (exact) mass is 545 g/mol. The van der Waals surface area contributed by atoms with Gasteiger partial charge in [0.1, 0.15) is 0 Å². The summed E-state index contributed by atoms with van der Waals surface area (Å²) in [6.45, 7) is 0. The molecule has 3 aromatic carbocycles. The molecule has 1 aliphatic heterocycles. The molecule has 0 unspecified atom stereocenters. The Balaban J connectivity index is 1.37. The minimum atomic E-state index is -1.05. The Morgan fingerprint density at radius 2 is 1.89 bits per heavy atom. The molecule has 188 valence electrons. The number of aliphatic imine (C=N–C) groups is 1. The lowest BCUT2D eigenvalue weighted by Gasteiger charge is -2.05. The summed E-state index contributed by atoms with van der Waals surface area (Å²) in [4.78, 5) is 39.8. The van der Waals surface area contributed by atoms with E-state index in [4.69, 9.17) is 5.11 Å². The average Bonchev–Trinajstić information content (AvgIpc) is 3.51. The molecule has 12 nitrogen and oxygen atoms in total. The van der Waals surface area contributed by atoms with Gasteiger partial charge in [-0.05, 0) is 88.1 Å². The van der Waals surface area contributed by atoms with Crippen molar-refractivity contribution in [2.45, 2.75) is 10.1 Å². The molecular formula is C24H15N7O5S2.